The number of aliphatic hydroxyl groups is 1. The van der Waals surface area contributed by atoms with Gasteiger partial charge in [0.15, 0.2) is 5.78 Å². The number of thiophene rings is 1. The standard InChI is InChI=1S/C35H34NOS.C15H28O2.Ir/c1-20(2)14-27-17-26-16-24(12-13-32(26)37-27)29-19-31(36-33-21(3)22(4)38-34(29)33)25-15-23-10-8-9-11-28(23)30(18-25)35(5,6)7;1-7-14(5,8-2)12(16)11-13(17)15(6,9-3)10-4;/h8-13,16-20H,14H2,1-7H3;11,16H,7-10H2,1-6H3;/q-1;;/b;12-11-;. The van der Waals surface area contributed by atoms with Gasteiger partial charge in [-0.15, -0.1) is 40.5 Å². The van der Waals surface area contributed by atoms with E-state index < -0.39 is 0 Å². The van der Waals surface area contributed by atoms with Crippen LogP contribution in [0.5, 0.6) is 0 Å². The fourth-order valence-electron chi connectivity index (χ4n) is 7.08. The van der Waals surface area contributed by atoms with Crippen molar-refractivity contribution in [3.05, 3.63) is 100 Å². The molecular formula is C50H62IrNO3S-. The number of hydrogen-bond acceptors (Lipinski definition) is 5. The number of furan rings is 1. The zero-order valence-electron chi connectivity index (χ0n) is 35.9. The fourth-order valence-corrected chi connectivity index (χ4v) is 8.22. The number of carbonyl (C=O) groups is 1. The van der Waals surface area contributed by atoms with Gasteiger partial charge in [0.1, 0.15) is 17.1 Å². The van der Waals surface area contributed by atoms with Gasteiger partial charge in [-0.2, -0.15) is 0 Å². The van der Waals surface area contributed by atoms with Crippen LogP contribution in [0, 0.1) is 36.7 Å². The Hall–Kier alpha value is -3.57. The first-order valence-corrected chi connectivity index (χ1v) is 21.0. The molecule has 6 aromatic rings. The van der Waals surface area contributed by atoms with Crippen molar-refractivity contribution in [2.24, 2.45) is 16.7 Å². The molecule has 0 fully saturated rings. The Morgan fingerprint density at radius 3 is 2.14 bits per heavy atom. The van der Waals surface area contributed by atoms with Gasteiger partial charge in [-0.1, -0.05) is 117 Å². The average Bonchev–Trinajstić information content (AvgIpc) is 3.70. The smallest absolute Gasteiger partial charge is 0.164 e. The van der Waals surface area contributed by atoms with E-state index in [4.69, 9.17) is 9.40 Å². The first-order valence-electron chi connectivity index (χ1n) is 20.2. The van der Waals surface area contributed by atoms with Gasteiger partial charge in [0.25, 0.3) is 0 Å². The summed E-state index contributed by atoms with van der Waals surface area (Å²) in [4.78, 5) is 18.7. The normalized spacial score (nSPS) is 12.6. The SMILES string of the molecule is CCC(C)(CC)C(=O)/C=C(\O)C(C)(CC)CC.Cc1sc2c(-c3ccc4oc(CC(C)C)cc4c3)cc(-c3[c-]c4ccccc4c(C(C)(C)C)c3)nc2c1C.[Ir]. The number of benzene rings is 3. The number of carbonyl (C=O) groups excluding carboxylic acids is 1. The van der Waals surface area contributed by atoms with Gasteiger partial charge >= 0.3 is 0 Å². The molecule has 0 saturated carbocycles. The van der Waals surface area contributed by atoms with Crippen molar-refractivity contribution in [2.45, 2.75) is 128 Å². The van der Waals surface area contributed by atoms with Gasteiger partial charge in [0.05, 0.1) is 10.2 Å². The number of aryl methyl sites for hydroxylation is 2. The molecule has 0 amide bonds. The maximum atomic E-state index is 12.2. The molecule has 0 aliphatic rings. The molecule has 3 aromatic heterocycles. The van der Waals surface area contributed by atoms with Crippen LogP contribution in [0.2, 0.25) is 0 Å². The second-order valence-electron chi connectivity index (χ2n) is 17.4. The minimum absolute atomic E-state index is 0. The monoisotopic (exact) mass is 949 g/mol. The number of hydrogen-bond donors (Lipinski definition) is 1. The van der Waals surface area contributed by atoms with Gasteiger partial charge in [0, 0.05) is 59.4 Å². The van der Waals surface area contributed by atoms with E-state index in [-0.39, 0.29) is 47.9 Å². The second kappa shape index (κ2) is 17.9. The maximum Gasteiger partial charge on any atom is 0.164 e. The largest absolute Gasteiger partial charge is 0.512 e. The van der Waals surface area contributed by atoms with E-state index in [9.17, 15) is 9.90 Å². The maximum absolute atomic E-state index is 12.2. The average molecular weight is 949 g/mol. The van der Waals surface area contributed by atoms with Crippen LogP contribution in [0.15, 0.2) is 76.9 Å². The molecule has 3 heterocycles. The van der Waals surface area contributed by atoms with Crippen LogP contribution in [0.1, 0.15) is 124 Å². The molecule has 3 aromatic carbocycles. The zero-order valence-corrected chi connectivity index (χ0v) is 39.1. The van der Waals surface area contributed by atoms with E-state index in [2.05, 4.69) is 115 Å². The Balaban J connectivity index is 0.000000330. The molecule has 0 aliphatic heterocycles. The third-order valence-corrected chi connectivity index (χ3v) is 13.3. The molecular weight excluding hydrogens is 887 g/mol. The summed E-state index contributed by atoms with van der Waals surface area (Å²) in [5.41, 5.74) is 8.45. The topological polar surface area (TPSA) is 63.3 Å². The summed E-state index contributed by atoms with van der Waals surface area (Å²) in [6.07, 6.45) is 5.70. The fraction of sp³-hybridized carbons (Fsp3) is 0.440. The number of allylic oxidation sites excluding steroid dienone is 2. The van der Waals surface area contributed by atoms with Crippen molar-refractivity contribution in [1.29, 1.82) is 0 Å². The molecule has 0 atom stereocenters. The Labute approximate surface area is 353 Å². The van der Waals surface area contributed by atoms with Crippen LogP contribution in [0.4, 0.5) is 0 Å². The Morgan fingerprint density at radius 2 is 1.54 bits per heavy atom. The van der Waals surface area contributed by atoms with Crippen LogP contribution >= 0.6 is 11.3 Å². The summed E-state index contributed by atoms with van der Waals surface area (Å²) in [6.45, 7) is 27.8. The molecule has 4 nitrogen and oxygen atoms in total. The zero-order chi connectivity index (χ0) is 40.5. The Bertz CT molecular complexity index is 2340. The molecule has 6 heteroatoms. The van der Waals surface area contributed by atoms with Crippen molar-refractivity contribution in [3.8, 4) is 22.4 Å². The number of rotatable bonds is 11. The van der Waals surface area contributed by atoms with E-state index in [0.717, 1.165) is 71.0 Å². The van der Waals surface area contributed by atoms with Crippen LogP contribution in [-0.4, -0.2) is 15.9 Å². The molecule has 301 valence electrons. The minimum Gasteiger partial charge on any atom is -0.512 e. The molecule has 1 radical (unpaired) electrons. The van der Waals surface area contributed by atoms with E-state index in [1.165, 1.54) is 43.3 Å². The van der Waals surface area contributed by atoms with Gasteiger partial charge < -0.3 is 9.52 Å². The molecule has 0 unspecified atom stereocenters. The second-order valence-corrected chi connectivity index (χ2v) is 18.6. The first kappa shape index (κ1) is 45.1. The quantitative estimate of drug-likeness (QED) is 0.0798. The van der Waals surface area contributed by atoms with Crippen molar-refractivity contribution < 1.29 is 34.4 Å². The third kappa shape index (κ3) is 9.41. The van der Waals surface area contributed by atoms with Crippen LogP contribution in [-0.2, 0) is 36.7 Å². The molecule has 6 rings (SSSR count). The van der Waals surface area contributed by atoms with Gasteiger partial charge in [-0.3, -0.25) is 9.78 Å². The van der Waals surface area contributed by atoms with Crippen LogP contribution in [0.25, 0.3) is 54.3 Å². The van der Waals surface area contributed by atoms with Crippen molar-refractivity contribution in [2.75, 3.05) is 0 Å². The predicted octanol–water partition coefficient (Wildman–Crippen LogP) is 15.1. The van der Waals surface area contributed by atoms with Gasteiger partial charge in [-0.05, 0) is 85.8 Å². The number of pyridine rings is 1. The van der Waals surface area contributed by atoms with Crippen LogP contribution < -0.4 is 0 Å². The molecule has 0 spiro atoms. The van der Waals surface area contributed by atoms with E-state index >= 15 is 0 Å². The van der Waals surface area contributed by atoms with E-state index in [1.807, 2.05) is 52.9 Å². The summed E-state index contributed by atoms with van der Waals surface area (Å²) < 4.78 is 7.39. The van der Waals surface area contributed by atoms with Gasteiger partial charge in [0.2, 0.25) is 0 Å². The predicted molar refractivity (Wildman–Crippen MR) is 236 cm³/mol. The molecule has 0 bridgehead atoms. The van der Waals surface area contributed by atoms with Gasteiger partial charge in [-0.25, -0.2) is 0 Å². The summed E-state index contributed by atoms with van der Waals surface area (Å²) in [7, 11) is 0. The summed E-state index contributed by atoms with van der Waals surface area (Å²) in [5.74, 6) is 1.90. The molecule has 0 aliphatic carbocycles. The summed E-state index contributed by atoms with van der Waals surface area (Å²) in [5, 5.41) is 13.7. The molecule has 56 heavy (non-hydrogen) atoms. The van der Waals surface area contributed by atoms with Crippen LogP contribution in [0.3, 0.4) is 0 Å². The summed E-state index contributed by atoms with van der Waals surface area (Å²) in [6, 6.07) is 25.6. The number of fused-ring (bicyclic) bond motifs is 3. The van der Waals surface area contributed by atoms with Crippen molar-refractivity contribution >= 4 is 49.1 Å². The summed E-state index contributed by atoms with van der Waals surface area (Å²) >= 11 is 1.84. The van der Waals surface area contributed by atoms with Crippen molar-refractivity contribution in [3.63, 3.8) is 0 Å². The Kier molecular flexibility index (Phi) is 14.4. The number of aliphatic hydroxyl groups excluding tert-OH is 1. The minimum atomic E-state index is -0.337. The number of ketones is 1. The Morgan fingerprint density at radius 1 is 0.893 bits per heavy atom. The third-order valence-electron chi connectivity index (χ3n) is 12.1. The first-order chi connectivity index (χ1) is 25.9. The van der Waals surface area contributed by atoms with Crippen molar-refractivity contribution in [1.82, 2.24) is 4.98 Å². The molecule has 0 saturated heterocycles. The number of nitrogens with zero attached hydrogens (tertiary/aromatic N) is 1. The van der Waals surface area contributed by atoms with E-state index in [0.29, 0.717) is 5.92 Å². The number of aromatic nitrogens is 1. The van der Waals surface area contributed by atoms with E-state index in [1.54, 1.807) is 0 Å². The molecule has 1 N–H and O–H groups in total.